The number of hydrogen-bond acceptors (Lipinski definition) is 0. The lowest BCUT2D eigenvalue weighted by atomic mass is 10.3. The molecule has 0 aliphatic rings. The van der Waals surface area contributed by atoms with Gasteiger partial charge in [0, 0.05) is 0 Å². The highest BCUT2D eigenvalue weighted by molar-refractivity contribution is 7.22. The zero-order valence-electron chi connectivity index (χ0n) is 5.73. The van der Waals surface area contributed by atoms with E-state index >= 15 is 0 Å². The Morgan fingerprint density at radius 1 is 1.12 bits per heavy atom. The van der Waals surface area contributed by atoms with E-state index in [0.717, 1.165) is 0 Å². The third kappa shape index (κ3) is 5.91. The summed E-state index contributed by atoms with van der Waals surface area (Å²) >= 11 is 0. The smallest absolute Gasteiger partial charge is 0.0398 e. The molecule has 46 valence electrons. The van der Waals surface area contributed by atoms with Crippen molar-refractivity contribution in [2.75, 3.05) is 0 Å². The quantitative estimate of drug-likeness (QED) is 0.376. The summed E-state index contributed by atoms with van der Waals surface area (Å²) in [7, 11) is 2.64. The van der Waals surface area contributed by atoms with Crippen LogP contribution < -0.4 is 0 Å². The van der Waals surface area contributed by atoms with Crippen LogP contribution in [0.4, 0.5) is 0 Å². The highest BCUT2D eigenvalue weighted by Gasteiger charge is 1.72. The van der Waals surface area contributed by atoms with Crippen molar-refractivity contribution in [2.45, 2.75) is 20.8 Å². The predicted molar refractivity (Wildman–Crippen MR) is 42.9 cm³/mol. The van der Waals surface area contributed by atoms with Crippen LogP contribution in [0.15, 0.2) is 23.0 Å². The van der Waals surface area contributed by atoms with Crippen LogP contribution in [-0.2, 0) is 0 Å². The van der Waals surface area contributed by atoms with E-state index in [2.05, 4.69) is 42.2 Å². The number of rotatable bonds is 1. The Labute approximate surface area is 53.9 Å². The Balaban J connectivity index is 3.76. The monoisotopic (exact) mass is 128 g/mol. The van der Waals surface area contributed by atoms with E-state index in [4.69, 9.17) is 0 Å². The summed E-state index contributed by atoms with van der Waals surface area (Å²) in [6.07, 6.45) is 4.18. The molecule has 0 aliphatic heterocycles. The van der Waals surface area contributed by atoms with E-state index < -0.39 is 0 Å². The molecule has 0 nitrogen and oxygen atoms in total. The molecule has 0 saturated carbocycles. The molecule has 0 fully saturated rings. The van der Waals surface area contributed by atoms with Gasteiger partial charge in [0.05, 0.1) is 0 Å². The maximum atomic E-state index is 2.64. The molecule has 1 heteroatoms. The SMILES string of the molecule is CC(C)=C/C=C(\C)P. The second-order valence-corrected chi connectivity index (χ2v) is 3.07. The Kier molecular flexibility index (Phi) is 3.81. The van der Waals surface area contributed by atoms with E-state index in [1.807, 2.05) is 0 Å². The van der Waals surface area contributed by atoms with Gasteiger partial charge in [-0.25, -0.2) is 0 Å². The minimum absolute atomic E-state index is 1.27. The fourth-order valence-corrected chi connectivity index (χ4v) is 0.394. The van der Waals surface area contributed by atoms with Crippen molar-refractivity contribution in [3.05, 3.63) is 23.0 Å². The molecule has 1 atom stereocenters. The van der Waals surface area contributed by atoms with E-state index in [0.29, 0.717) is 0 Å². The highest BCUT2D eigenvalue weighted by atomic mass is 31.0. The molecule has 0 aromatic heterocycles. The minimum atomic E-state index is 1.27. The van der Waals surface area contributed by atoms with Crippen LogP contribution in [0, 0.1) is 0 Å². The predicted octanol–water partition coefficient (Wildman–Crippen LogP) is 2.73. The fraction of sp³-hybridized carbons (Fsp3) is 0.429. The van der Waals surface area contributed by atoms with Crippen molar-refractivity contribution in [1.29, 1.82) is 0 Å². The first-order valence-electron chi connectivity index (χ1n) is 2.70. The van der Waals surface area contributed by atoms with Gasteiger partial charge in [-0.15, -0.1) is 9.24 Å². The van der Waals surface area contributed by atoms with Gasteiger partial charge >= 0.3 is 0 Å². The molecule has 0 radical (unpaired) electrons. The Morgan fingerprint density at radius 3 is 1.75 bits per heavy atom. The van der Waals surface area contributed by atoms with Gasteiger partial charge in [0.15, 0.2) is 0 Å². The van der Waals surface area contributed by atoms with E-state index in [-0.39, 0.29) is 0 Å². The second kappa shape index (κ2) is 3.86. The van der Waals surface area contributed by atoms with E-state index in [1.165, 1.54) is 10.9 Å². The molecule has 0 N–H and O–H groups in total. The summed E-state index contributed by atoms with van der Waals surface area (Å²) in [5, 5.41) is 1.27. The van der Waals surface area contributed by atoms with Crippen LogP contribution in [0.3, 0.4) is 0 Å². The molecule has 0 rings (SSSR count). The van der Waals surface area contributed by atoms with Gasteiger partial charge in [0.1, 0.15) is 0 Å². The van der Waals surface area contributed by atoms with Crippen LogP contribution >= 0.6 is 9.24 Å². The van der Waals surface area contributed by atoms with Gasteiger partial charge in [-0.05, 0) is 20.8 Å². The Morgan fingerprint density at radius 2 is 1.62 bits per heavy atom. The van der Waals surface area contributed by atoms with Crippen molar-refractivity contribution in [3.63, 3.8) is 0 Å². The Hall–Kier alpha value is -0.0900. The molecule has 0 heterocycles. The van der Waals surface area contributed by atoms with E-state index in [1.54, 1.807) is 0 Å². The summed E-state index contributed by atoms with van der Waals surface area (Å²) in [6.45, 7) is 6.23. The fourth-order valence-electron chi connectivity index (χ4n) is 0.298. The van der Waals surface area contributed by atoms with Gasteiger partial charge < -0.3 is 0 Å². The average molecular weight is 128 g/mol. The topological polar surface area (TPSA) is 0 Å². The Bertz CT molecular complexity index is 96.3. The van der Waals surface area contributed by atoms with Crippen molar-refractivity contribution in [2.24, 2.45) is 0 Å². The lowest BCUT2D eigenvalue weighted by molar-refractivity contribution is 1.39. The maximum Gasteiger partial charge on any atom is -0.0398 e. The molecule has 0 spiro atoms. The molecule has 0 aromatic carbocycles. The zero-order valence-corrected chi connectivity index (χ0v) is 6.89. The molecule has 8 heavy (non-hydrogen) atoms. The minimum Gasteiger partial charge on any atom is -0.110 e. The van der Waals surface area contributed by atoms with Crippen molar-refractivity contribution in [3.8, 4) is 0 Å². The first-order chi connectivity index (χ1) is 3.63. The third-order valence-corrected chi connectivity index (χ3v) is 0.872. The van der Waals surface area contributed by atoms with Crippen LogP contribution in [0.25, 0.3) is 0 Å². The highest BCUT2D eigenvalue weighted by Crippen LogP contribution is 2.03. The third-order valence-electron chi connectivity index (χ3n) is 0.680. The molecule has 1 unspecified atom stereocenters. The molecular weight excluding hydrogens is 115 g/mol. The summed E-state index contributed by atoms with van der Waals surface area (Å²) in [4.78, 5) is 0. The lowest BCUT2D eigenvalue weighted by Gasteiger charge is -1.84. The van der Waals surface area contributed by atoms with Gasteiger partial charge in [0.25, 0.3) is 0 Å². The molecule has 0 aliphatic carbocycles. The summed E-state index contributed by atoms with van der Waals surface area (Å²) in [5.41, 5.74) is 1.34. The molecule has 0 amide bonds. The number of hydrogen-bond donors (Lipinski definition) is 0. The summed E-state index contributed by atoms with van der Waals surface area (Å²) in [5.74, 6) is 0. The number of allylic oxidation sites excluding steroid dienone is 4. The largest absolute Gasteiger partial charge is 0.110 e. The first-order valence-corrected chi connectivity index (χ1v) is 3.28. The van der Waals surface area contributed by atoms with E-state index in [9.17, 15) is 0 Å². The second-order valence-electron chi connectivity index (χ2n) is 2.15. The molecular formula is C7H13P. The van der Waals surface area contributed by atoms with Crippen LogP contribution in [0.5, 0.6) is 0 Å². The standard InChI is InChI=1S/C7H13P/c1-6(2)4-5-7(3)8/h4-5H,8H2,1-3H3/b7-5+. The first kappa shape index (κ1) is 7.91. The zero-order chi connectivity index (χ0) is 6.57. The summed E-state index contributed by atoms with van der Waals surface area (Å²) < 4.78 is 0. The van der Waals surface area contributed by atoms with Crippen molar-refractivity contribution >= 4 is 9.24 Å². The summed E-state index contributed by atoms with van der Waals surface area (Å²) in [6, 6.07) is 0. The van der Waals surface area contributed by atoms with Gasteiger partial charge in [-0.3, -0.25) is 0 Å². The maximum absolute atomic E-state index is 2.64. The van der Waals surface area contributed by atoms with Crippen LogP contribution in [0.2, 0.25) is 0 Å². The lowest BCUT2D eigenvalue weighted by Crippen LogP contribution is -1.59. The van der Waals surface area contributed by atoms with Crippen LogP contribution in [-0.4, -0.2) is 0 Å². The van der Waals surface area contributed by atoms with Crippen LogP contribution in [0.1, 0.15) is 20.8 Å². The van der Waals surface area contributed by atoms with Gasteiger partial charge in [-0.2, -0.15) is 0 Å². The molecule has 0 aromatic rings. The van der Waals surface area contributed by atoms with Crippen molar-refractivity contribution in [1.82, 2.24) is 0 Å². The van der Waals surface area contributed by atoms with Gasteiger partial charge in [-0.1, -0.05) is 23.0 Å². The molecule has 0 bridgehead atoms. The normalized spacial score (nSPS) is 11.2. The van der Waals surface area contributed by atoms with Crippen molar-refractivity contribution < 1.29 is 0 Å². The van der Waals surface area contributed by atoms with Gasteiger partial charge in [0.2, 0.25) is 0 Å². The molecule has 0 saturated heterocycles. The average Bonchev–Trinajstić information content (AvgIpc) is 1.61.